The van der Waals surface area contributed by atoms with Gasteiger partial charge in [0, 0.05) is 23.8 Å². The summed E-state index contributed by atoms with van der Waals surface area (Å²) < 4.78 is 10.1. The molecule has 1 heterocycles. The molecule has 0 radical (unpaired) electrons. The van der Waals surface area contributed by atoms with Gasteiger partial charge in [0.05, 0.1) is 18.6 Å². The summed E-state index contributed by atoms with van der Waals surface area (Å²) in [6, 6.07) is 5.54. The van der Waals surface area contributed by atoms with E-state index in [1.807, 2.05) is 0 Å². The highest BCUT2D eigenvalue weighted by atomic mass is 16.6. The molecule has 0 N–H and O–H groups in total. The molecule has 148 valence electrons. The first-order valence-electron chi connectivity index (χ1n) is 8.91. The molecule has 3 unspecified atom stereocenters. The van der Waals surface area contributed by atoms with Crippen LogP contribution in [0.3, 0.4) is 0 Å². The van der Waals surface area contributed by atoms with Crippen molar-refractivity contribution in [1.29, 1.82) is 0 Å². The Bertz CT molecular complexity index is 860. The lowest BCUT2D eigenvalue weighted by atomic mass is 9.72. The molecule has 1 fully saturated rings. The fraction of sp³-hybridized carbons (Fsp3) is 0.474. The minimum Gasteiger partial charge on any atom is -0.468 e. The number of nitrogens with zero attached hydrogens (tertiary/aromatic N) is 2. The molecule has 1 saturated carbocycles. The predicted octanol–water partition coefficient (Wildman–Crippen LogP) is 2.04. The van der Waals surface area contributed by atoms with E-state index in [-0.39, 0.29) is 18.0 Å². The van der Waals surface area contributed by atoms with Crippen LogP contribution in [0.1, 0.15) is 31.2 Å². The van der Waals surface area contributed by atoms with Gasteiger partial charge in [-0.3, -0.25) is 24.5 Å². The summed E-state index contributed by atoms with van der Waals surface area (Å²) in [4.78, 5) is 52.1. The molecule has 3 atom stereocenters. The molecule has 0 aromatic heterocycles. The molecule has 28 heavy (non-hydrogen) atoms. The number of ether oxygens (including phenoxy) is 2. The Morgan fingerprint density at radius 3 is 2.57 bits per heavy atom. The number of hydrogen-bond donors (Lipinski definition) is 0. The second-order valence-electron chi connectivity index (χ2n) is 7.02. The Morgan fingerprint density at radius 1 is 1.25 bits per heavy atom. The van der Waals surface area contributed by atoms with Crippen LogP contribution >= 0.6 is 0 Å². The third kappa shape index (κ3) is 3.92. The molecular weight excluding hydrogens is 368 g/mol. The van der Waals surface area contributed by atoms with Crippen LogP contribution in [0.4, 0.5) is 5.69 Å². The highest BCUT2D eigenvalue weighted by molar-refractivity contribution is 6.14. The van der Waals surface area contributed by atoms with Crippen LogP contribution in [-0.2, 0) is 23.9 Å². The largest absolute Gasteiger partial charge is 0.468 e. The van der Waals surface area contributed by atoms with Gasteiger partial charge in [-0.1, -0.05) is 12.1 Å². The number of aliphatic imine (C=N–C) groups is 1. The molecule has 3 rings (SSSR count). The number of non-ortho nitro benzene ring substituents is 1. The standard InChI is InChI=1S/C19H20N2O7/c1-10-14(19(24)28-9-11-6-7-11)15(16(17(22)20-10)18(23)27-2)12-4-3-5-13(8-12)21(25)26/h3-5,8,11,14-16H,6-7,9H2,1-2H3. The van der Waals surface area contributed by atoms with Crippen molar-refractivity contribution in [1.82, 2.24) is 0 Å². The van der Waals surface area contributed by atoms with Crippen molar-refractivity contribution in [3.8, 4) is 0 Å². The number of esters is 2. The lowest BCUT2D eigenvalue weighted by Crippen LogP contribution is -2.44. The summed E-state index contributed by atoms with van der Waals surface area (Å²) in [6.45, 7) is 1.78. The molecule has 9 heteroatoms. The molecule has 1 amide bonds. The molecule has 0 spiro atoms. The van der Waals surface area contributed by atoms with Crippen molar-refractivity contribution in [2.45, 2.75) is 25.7 Å². The highest BCUT2D eigenvalue weighted by Gasteiger charge is 2.49. The Kier molecular flexibility index (Phi) is 5.53. The predicted molar refractivity (Wildman–Crippen MR) is 96.6 cm³/mol. The van der Waals surface area contributed by atoms with Gasteiger partial charge in [0.25, 0.3) is 11.6 Å². The molecule has 1 aliphatic carbocycles. The Balaban J connectivity index is 2.05. The average Bonchev–Trinajstić information content (AvgIpc) is 3.49. The average molecular weight is 388 g/mol. The maximum Gasteiger partial charge on any atom is 0.318 e. The zero-order chi connectivity index (χ0) is 20.4. The first-order valence-corrected chi connectivity index (χ1v) is 8.91. The summed E-state index contributed by atoms with van der Waals surface area (Å²) in [5.41, 5.74) is 0.307. The van der Waals surface area contributed by atoms with Gasteiger partial charge >= 0.3 is 11.9 Å². The topological polar surface area (TPSA) is 125 Å². The van der Waals surface area contributed by atoms with E-state index < -0.39 is 40.5 Å². The van der Waals surface area contributed by atoms with Crippen molar-refractivity contribution in [2.75, 3.05) is 13.7 Å². The summed E-state index contributed by atoms with van der Waals surface area (Å²) in [5, 5.41) is 11.2. The quantitative estimate of drug-likeness (QED) is 0.316. The smallest absolute Gasteiger partial charge is 0.318 e. The van der Waals surface area contributed by atoms with E-state index in [4.69, 9.17) is 9.47 Å². The SMILES string of the molecule is COC(=O)C1C(=O)N=C(C)C(C(=O)OCC2CC2)C1c1cccc([N+](=O)[O-])c1. The Morgan fingerprint density at radius 2 is 1.96 bits per heavy atom. The van der Waals surface area contributed by atoms with Crippen LogP contribution < -0.4 is 0 Å². The van der Waals surface area contributed by atoms with E-state index in [2.05, 4.69) is 4.99 Å². The number of hydrogen-bond acceptors (Lipinski definition) is 7. The summed E-state index contributed by atoms with van der Waals surface area (Å²) in [5.74, 6) is -5.25. The van der Waals surface area contributed by atoms with Gasteiger partial charge < -0.3 is 9.47 Å². The van der Waals surface area contributed by atoms with Crippen LogP contribution in [0.15, 0.2) is 29.3 Å². The molecule has 1 aromatic carbocycles. The number of amides is 1. The number of nitro groups is 1. The molecule has 0 bridgehead atoms. The van der Waals surface area contributed by atoms with Crippen LogP contribution in [0.25, 0.3) is 0 Å². The third-order valence-corrected chi connectivity index (χ3v) is 5.05. The second kappa shape index (κ2) is 7.87. The van der Waals surface area contributed by atoms with Crippen molar-refractivity contribution in [2.24, 2.45) is 22.7 Å². The fourth-order valence-corrected chi connectivity index (χ4v) is 3.42. The zero-order valence-corrected chi connectivity index (χ0v) is 15.5. The number of carbonyl (C=O) groups is 3. The van der Waals surface area contributed by atoms with Crippen molar-refractivity contribution in [3.05, 3.63) is 39.9 Å². The number of methoxy groups -OCH3 is 1. The summed E-state index contributed by atoms with van der Waals surface area (Å²) in [7, 11) is 1.13. The van der Waals surface area contributed by atoms with Crippen molar-refractivity contribution in [3.63, 3.8) is 0 Å². The molecule has 1 aromatic rings. The van der Waals surface area contributed by atoms with E-state index in [0.717, 1.165) is 20.0 Å². The number of benzene rings is 1. The lowest BCUT2D eigenvalue weighted by Gasteiger charge is -2.33. The summed E-state index contributed by atoms with van der Waals surface area (Å²) >= 11 is 0. The maximum atomic E-state index is 12.8. The minimum absolute atomic E-state index is 0.209. The van der Waals surface area contributed by atoms with Crippen molar-refractivity contribution < 1.29 is 28.8 Å². The number of rotatable bonds is 6. The van der Waals surface area contributed by atoms with Crippen molar-refractivity contribution >= 4 is 29.2 Å². The van der Waals surface area contributed by atoms with Crippen LogP contribution in [0, 0.1) is 27.9 Å². The third-order valence-electron chi connectivity index (χ3n) is 5.05. The first-order chi connectivity index (χ1) is 13.3. The molecular formula is C19H20N2O7. The van der Waals surface area contributed by atoms with E-state index >= 15 is 0 Å². The van der Waals surface area contributed by atoms with Crippen LogP contribution in [0.2, 0.25) is 0 Å². The van der Waals surface area contributed by atoms with Crippen LogP contribution in [-0.4, -0.2) is 42.2 Å². The van der Waals surface area contributed by atoms with E-state index in [1.165, 1.54) is 25.1 Å². The molecule has 9 nitrogen and oxygen atoms in total. The second-order valence-corrected chi connectivity index (χ2v) is 7.02. The van der Waals surface area contributed by atoms with Gasteiger partial charge in [0.2, 0.25) is 0 Å². The van der Waals surface area contributed by atoms with E-state index in [0.29, 0.717) is 11.5 Å². The molecule has 1 aliphatic heterocycles. The van der Waals surface area contributed by atoms with Gasteiger partial charge in [-0.2, -0.15) is 0 Å². The fourth-order valence-electron chi connectivity index (χ4n) is 3.42. The van der Waals surface area contributed by atoms with Crippen LogP contribution in [0.5, 0.6) is 0 Å². The zero-order valence-electron chi connectivity index (χ0n) is 15.5. The number of nitro benzene ring substituents is 1. The lowest BCUT2D eigenvalue weighted by molar-refractivity contribution is -0.384. The van der Waals surface area contributed by atoms with Gasteiger partial charge in [0.1, 0.15) is 11.8 Å². The van der Waals surface area contributed by atoms with Gasteiger partial charge in [-0.05, 0) is 31.2 Å². The molecule has 2 aliphatic rings. The first kappa shape index (κ1) is 19.7. The van der Waals surface area contributed by atoms with Gasteiger partial charge in [-0.15, -0.1) is 0 Å². The Hall–Kier alpha value is -3.10. The Labute approximate surface area is 160 Å². The highest BCUT2D eigenvalue weighted by Crippen LogP contribution is 2.40. The normalized spacial score (nSPS) is 24.3. The summed E-state index contributed by atoms with van der Waals surface area (Å²) in [6.07, 6.45) is 1.98. The minimum atomic E-state index is -1.38. The van der Waals surface area contributed by atoms with Gasteiger partial charge in [-0.25, -0.2) is 4.99 Å². The molecule has 0 saturated heterocycles. The number of carbonyl (C=O) groups excluding carboxylic acids is 3. The van der Waals surface area contributed by atoms with E-state index in [1.54, 1.807) is 6.07 Å². The monoisotopic (exact) mass is 388 g/mol. The van der Waals surface area contributed by atoms with Gasteiger partial charge in [0.15, 0.2) is 0 Å². The van der Waals surface area contributed by atoms with E-state index in [9.17, 15) is 24.5 Å². The maximum absolute atomic E-state index is 12.8.